The number of hydrogen-bond donors (Lipinski definition) is 1. The van der Waals surface area contributed by atoms with E-state index in [1.807, 2.05) is 13.8 Å². The molecule has 0 unspecified atom stereocenters. The Kier molecular flexibility index (Phi) is 4.96. The van der Waals surface area contributed by atoms with Crippen LogP contribution in [-0.2, 0) is 14.9 Å². The molecular weight excluding hydrogens is 356 g/mol. The minimum absolute atomic E-state index is 0.0512. The third-order valence-electron chi connectivity index (χ3n) is 4.50. The minimum atomic E-state index is -4.03. The monoisotopic (exact) mass is 378 g/mol. The summed E-state index contributed by atoms with van der Waals surface area (Å²) in [4.78, 5) is 0.0512. The van der Waals surface area contributed by atoms with Gasteiger partial charge >= 0.3 is 10.1 Å². The second-order valence-electron chi connectivity index (χ2n) is 6.37. The van der Waals surface area contributed by atoms with E-state index in [0.717, 1.165) is 5.56 Å². The van der Waals surface area contributed by atoms with E-state index < -0.39 is 22.3 Å². The van der Waals surface area contributed by atoms with Crippen LogP contribution < -0.4 is 8.92 Å². The summed E-state index contributed by atoms with van der Waals surface area (Å²) in [6.07, 6.45) is -1.91. The predicted molar refractivity (Wildman–Crippen MR) is 95.9 cm³/mol. The van der Waals surface area contributed by atoms with Crippen molar-refractivity contribution in [1.82, 2.24) is 0 Å². The van der Waals surface area contributed by atoms with Crippen molar-refractivity contribution in [3.8, 4) is 11.5 Å². The summed E-state index contributed by atoms with van der Waals surface area (Å²) in [7, 11) is -2.52. The third kappa shape index (κ3) is 3.30. The number of hydrogen-bond acceptors (Lipinski definition) is 6. The van der Waals surface area contributed by atoms with Crippen molar-refractivity contribution in [3.63, 3.8) is 0 Å². The Labute approximate surface area is 153 Å². The maximum atomic E-state index is 12.7. The highest BCUT2D eigenvalue weighted by molar-refractivity contribution is 7.87. The SMILES string of the molecule is COc1ccc(OS(=O)(=O)c2ccc(C)cc2)c2c1[C@@H](C)O[C@@H](C)[C@H]2O. The summed E-state index contributed by atoms with van der Waals surface area (Å²) in [5.74, 6) is 0.592. The van der Waals surface area contributed by atoms with Crippen LogP contribution in [0.15, 0.2) is 41.3 Å². The summed E-state index contributed by atoms with van der Waals surface area (Å²) in [5, 5.41) is 10.6. The first-order valence-corrected chi connectivity index (χ1v) is 9.71. The largest absolute Gasteiger partial charge is 0.496 e. The number of aryl methyl sites for hydroxylation is 1. The first kappa shape index (κ1) is 18.7. The molecule has 2 aromatic rings. The number of aliphatic hydroxyl groups excluding tert-OH is 1. The molecule has 0 amide bonds. The van der Waals surface area contributed by atoms with E-state index in [-0.39, 0.29) is 16.7 Å². The fourth-order valence-corrected chi connectivity index (χ4v) is 4.09. The van der Waals surface area contributed by atoms with Gasteiger partial charge in [-0.2, -0.15) is 8.42 Å². The van der Waals surface area contributed by atoms with E-state index in [0.29, 0.717) is 16.9 Å². The van der Waals surface area contributed by atoms with Crippen LogP contribution in [0.5, 0.6) is 11.5 Å². The molecule has 1 aliphatic heterocycles. The molecular formula is C19H22O6S. The smallest absolute Gasteiger partial charge is 0.339 e. The molecule has 0 aromatic heterocycles. The Morgan fingerprint density at radius 1 is 1.00 bits per heavy atom. The van der Waals surface area contributed by atoms with Gasteiger partial charge < -0.3 is 18.8 Å². The van der Waals surface area contributed by atoms with Gasteiger partial charge in [-0.25, -0.2) is 0 Å². The van der Waals surface area contributed by atoms with Gasteiger partial charge in [-0.3, -0.25) is 0 Å². The summed E-state index contributed by atoms with van der Waals surface area (Å²) < 4.78 is 41.8. The Balaban J connectivity index is 2.09. The molecule has 0 bridgehead atoms. The van der Waals surface area contributed by atoms with E-state index in [4.69, 9.17) is 13.7 Å². The molecule has 1 aliphatic rings. The molecule has 7 heteroatoms. The number of fused-ring (bicyclic) bond motifs is 1. The molecule has 3 atom stereocenters. The van der Waals surface area contributed by atoms with Crippen LogP contribution in [0.25, 0.3) is 0 Å². The molecule has 3 rings (SSSR count). The Morgan fingerprint density at radius 3 is 2.23 bits per heavy atom. The van der Waals surface area contributed by atoms with Crippen molar-refractivity contribution in [3.05, 3.63) is 53.1 Å². The summed E-state index contributed by atoms with van der Waals surface area (Å²) in [5.41, 5.74) is 1.92. The lowest BCUT2D eigenvalue weighted by atomic mass is 9.91. The normalized spacial score (nSPS) is 22.6. The van der Waals surface area contributed by atoms with E-state index in [1.165, 1.54) is 25.3 Å². The number of benzene rings is 2. The topological polar surface area (TPSA) is 82.1 Å². The minimum Gasteiger partial charge on any atom is -0.496 e. The van der Waals surface area contributed by atoms with Gasteiger partial charge in [0.25, 0.3) is 0 Å². The molecule has 1 N–H and O–H groups in total. The van der Waals surface area contributed by atoms with E-state index in [2.05, 4.69) is 0 Å². The maximum Gasteiger partial charge on any atom is 0.339 e. The van der Waals surface area contributed by atoms with Crippen molar-refractivity contribution < 1.29 is 27.2 Å². The molecule has 0 fully saturated rings. The number of aliphatic hydroxyl groups is 1. The zero-order valence-electron chi connectivity index (χ0n) is 15.1. The number of methoxy groups -OCH3 is 1. The highest BCUT2D eigenvalue weighted by Gasteiger charge is 2.36. The summed E-state index contributed by atoms with van der Waals surface area (Å²) in [6, 6.07) is 9.49. The van der Waals surface area contributed by atoms with Crippen LogP contribution in [0, 0.1) is 6.92 Å². The van der Waals surface area contributed by atoms with Crippen molar-refractivity contribution in [1.29, 1.82) is 0 Å². The van der Waals surface area contributed by atoms with Crippen LogP contribution in [-0.4, -0.2) is 26.7 Å². The molecule has 0 saturated carbocycles. The Morgan fingerprint density at radius 2 is 1.62 bits per heavy atom. The zero-order valence-corrected chi connectivity index (χ0v) is 15.9. The van der Waals surface area contributed by atoms with Gasteiger partial charge in [0.1, 0.15) is 22.5 Å². The van der Waals surface area contributed by atoms with Crippen LogP contribution in [0.3, 0.4) is 0 Å². The molecule has 0 radical (unpaired) electrons. The van der Waals surface area contributed by atoms with Gasteiger partial charge in [-0.05, 0) is 45.0 Å². The standard InChI is InChI=1S/C19H22O6S/c1-11-5-7-14(8-6-11)26(21,22)25-16-10-9-15(23-4)17-12(2)24-13(3)19(20)18(16)17/h5-10,12-13,19-20H,1-4H3/t12-,13+,19-/m1/s1. The van der Waals surface area contributed by atoms with Crippen LogP contribution in [0.1, 0.15) is 42.7 Å². The maximum absolute atomic E-state index is 12.7. The van der Waals surface area contributed by atoms with Gasteiger partial charge in [-0.1, -0.05) is 17.7 Å². The quantitative estimate of drug-likeness (QED) is 0.822. The highest BCUT2D eigenvalue weighted by Crippen LogP contribution is 2.46. The van der Waals surface area contributed by atoms with E-state index in [1.54, 1.807) is 25.1 Å². The van der Waals surface area contributed by atoms with Gasteiger partial charge in [0, 0.05) is 11.1 Å². The molecule has 0 spiro atoms. The average molecular weight is 378 g/mol. The van der Waals surface area contributed by atoms with Crippen molar-refractivity contribution >= 4 is 10.1 Å². The van der Waals surface area contributed by atoms with Crippen molar-refractivity contribution in [2.75, 3.05) is 7.11 Å². The third-order valence-corrected chi connectivity index (χ3v) is 5.75. The van der Waals surface area contributed by atoms with Crippen LogP contribution >= 0.6 is 0 Å². The van der Waals surface area contributed by atoms with Crippen LogP contribution in [0.2, 0.25) is 0 Å². The Bertz CT molecular complexity index is 904. The average Bonchev–Trinajstić information content (AvgIpc) is 2.59. The molecule has 1 heterocycles. The molecule has 6 nitrogen and oxygen atoms in total. The summed E-state index contributed by atoms with van der Waals surface area (Å²) >= 11 is 0. The van der Waals surface area contributed by atoms with Gasteiger partial charge in [0.05, 0.1) is 19.3 Å². The lowest BCUT2D eigenvalue weighted by Crippen LogP contribution is -2.29. The fourth-order valence-electron chi connectivity index (χ4n) is 3.14. The lowest BCUT2D eigenvalue weighted by molar-refractivity contribution is -0.0822. The molecule has 26 heavy (non-hydrogen) atoms. The zero-order chi connectivity index (χ0) is 19.1. The van der Waals surface area contributed by atoms with Gasteiger partial charge in [-0.15, -0.1) is 0 Å². The van der Waals surface area contributed by atoms with E-state index in [9.17, 15) is 13.5 Å². The highest BCUT2D eigenvalue weighted by atomic mass is 32.2. The van der Waals surface area contributed by atoms with Gasteiger partial charge in [0.2, 0.25) is 0 Å². The lowest BCUT2D eigenvalue weighted by Gasteiger charge is -2.34. The second-order valence-corrected chi connectivity index (χ2v) is 7.92. The second kappa shape index (κ2) is 6.90. The van der Waals surface area contributed by atoms with Gasteiger partial charge in [0.15, 0.2) is 0 Å². The number of ether oxygens (including phenoxy) is 2. The fraction of sp³-hybridized carbons (Fsp3) is 0.368. The van der Waals surface area contributed by atoms with E-state index >= 15 is 0 Å². The molecule has 0 saturated heterocycles. The Hall–Kier alpha value is -2.09. The molecule has 2 aromatic carbocycles. The summed E-state index contributed by atoms with van der Waals surface area (Å²) in [6.45, 7) is 5.42. The first-order valence-electron chi connectivity index (χ1n) is 8.30. The van der Waals surface area contributed by atoms with Crippen molar-refractivity contribution in [2.45, 2.75) is 44.0 Å². The number of rotatable bonds is 4. The molecule has 0 aliphatic carbocycles. The van der Waals surface area contributed by atoms with Crippen molar-refractivity contribution in [2.24, 2.45) is 0 Å². The van der Waals surface area contributed by atoms with Crippen LogP contribution in [0.4, 0.5) is 0 Å². The first-order chi connectivity index (χ1) is 12.2. The molecule has 140 valence electrons. The predicted octanol–water partition coefficient (Wildman–Crippen LogP) is 3.28.